The summed E-state index contributed by atoms with van der Waals surface area (Å²) in [7, 11) is 1.33. The lowest BCUT2D eigenvalue weighted by Gasteiger charge is -1.91. The largest absolute Gasteiger partial charge is 0.478 e. The second kappa shape index (κ2) is 13.0. The molecule has 0 aliphatic rings. The van der Waals surface area contributed by atoms with Gasteiger partial charge in [-0.05, 0) is 6.92 Å². The summed E-state index contributed by atoms with van der Waals surface area (Å²) in [6.07, 6.45) is 0.833. The lowest BCUT2D eigenvalue weighted by atomic mass is 10.4. The van der Waals surface area contributed by atoms with Gasteiger partial charge in [-0.25, -0.2) is 14.4 Å². The van der Waals surface area contributed by atoms with Gasteiger partial charge in [0.05, 0.1) is 12.0 Å². The van der Waals surface area contributed by atoms with E-state index in [1.807, 2.05) is 0 Å². The van der Waals surface area contributed by atoms with Gasteiger partial charge < -0.3 is 14.9 Å². The summed E-state index contributed by atoms with van der Waals surface area (Å²) < 4.78 is 4.27. The van der Waals surface area contributed by atoms with E-state index in [9.17, 15) is 14.4 Å². The van der Waals surface area contributed by atoms with Crippen molar-refractivity contribution in [3.63, 3.8) is 0 Å². The molecule has 0 unspecified atom stereocenters. The van der Waals surface area contributed by atoms with Crippen LogP contribution in [-0.2, 0) is 19.1 Å². The lowest BCUT2D eigenvalue weighted by molar-refractivity contribution is -0.136. The van der Waals surface area contributed by atoms with E-state index in [1.165, 1.54) is 7.11 Å². The minimum absolute atomic E-state index is 0.130. The number of carboxylic acid groups (broad SMARTS) is 2. The molecule has 0 saturated carbocycles. The minimum atomic E-state index is -1.07. The zero-order chi connectivity index (χ0) is 15.3. The first-order valence-electron chi connectivity index (χ1n) is 4.30. The second-order valence-electron chi connectivity index (χ2n) is 2.57. The quantitative estimate of drug-likeness (QED) is 0.410. The molecule has 2 N–H and O–H groups in total. The molecular weight excluding hydrogens is 260 g/mol. The summed E-state index contributed by atoms with van der Waals surface area (Å²) in [6, 6.07) is 0. The summed E-state index contributed by atoms with van der Waals surface area (Å²) in [4.78, 5) is 28.8. The number of thiol groups is 1. The zero-order valence-corrected chi connectivity index (χ0v) is 11.1. The first-order valence-corrected chi connectivity index (χ1v) is 4.75. The predicted molar refractivity (Wildman–Crippen MR) is 70.4 cm³/mol. The number of esters is 1. The number of carbonyl (C=O) groups excluding carboxylic acids is 1. The lowest BCUT2D eigenvalue weighted by Crippen LogP contribution is -1.98. The third-order valence-electron chi connectivity index (χ3n) is 0.955. The molecule has 7 heteroatoms. The van der Waals surface area contributed by atoms with Gasteiger partial charge in [-0.2, -0.15) is 0 Å². The zero-order valence-electron chi connectivity index (χ0n) is 10.2. The van der Waals surface area contributed by atoms with Gasteiger partial charge in [0.25, 0.3) is 0 Å². The molecule has 0 aromatic heterocycles. The number of hydrogen-bond acceptors (Lipinski definition) is 5. The first kappa shape index (κ1) is 21.3. The van der Waals surface area contributed by atoms with Gasteiger partial charge in [0.2, 0.25) is 0 Å². The molecular formula is C11H16O6S. The molecule has 6 nitrogen and oxygen atoms in total. The SMILES string of the molecule is C=C(C)C(=O)OC.C=C(S)C(=O)O.C=CC(=O)O. The van der Waals surface area contributed by atoms with Crippen LogP contribution >= 0.6 is 12.6 Å². The molecule has 0 atom stereocenters. The van der Waals surface area contributed by atoms with E-state index >= 15 is 0 Å². The van der Waals surface area contributed by atoms with Crippen molar-refractivity contribution in [1.82, 2.24) is 0 Å². The molecule has 102 valence electrons. The maximum Gasteiger partial charge on any atom is 0.341 e. The van der Waals surface area contributed by atoms with Gasteiger partial charge in [0.1, 0.15) is 0 Å². The van der Waals surface area contributed by atoms with E-state index in [0.29, 0.717) is 5.57 Å². The standard InChI is InChI=1S/C5H8O2.C3H4O2S.C3H4O2/c1-4(2)5(6)7-3;1-2(6)3(4)5;1-2-3(4)5/h1H2,2-3H3;6H,1H2,(H,4,5);2H,1H2,(H,4,5). The Balaban J connectivity index is -0.000000190. The smallest absolute Gasteiger partial charge is 0.341 e. The van der Waals surface area contributed by atoms with Gasteiger partial charge in [-0.3, -0.25) is 0 Å². The molecule has 0 saturated heterocycles. The Hall–Kier alpha value is -2.02. The highest BCUT2D eigenvalue weighted by Crippen LogP contribution is 1.91. The number of rotatable bonds is 3. The van der Waals surface area contributed by atoms with Crippen LogP contribution in [0.5, 0.6) is 0 Å². The van der Waals surface area contributed by atoms with Crippen LogP contribution in [0.3, 0.4) is 0 Å². The molecule has 0 spiro atoms. The Morgan fingerprint density at radius 1 is 1.22 bits per heavy atom. The summed E-state index contributed by atoms with van der Waals surface area (Å²) >= 11 is 3.40. The van der Waals surface area contributed by atoms with Crippen molar-refractivity contribution in [2.24, 2.45) is 0 Å². The van der Waals surface area contributed by atoms with Gasteiger partial charge in [0, 0.05) is 11.6 Å². The molecule has 0 bridgehead atoms. The van der Waals surface area contributed by atoms with Crippen LogP contribution in [0.1, 0.15) is 6.92 Å². The minimum Gasteiger partial charge on any atom is -0.478 e. The first-order chi connectivity index (χ1) is 8.09. The van der Waals surface area contributed by atoms with Crippen molar-refractivity contribution in [3.8, 4) is 0 Å². The third-order valence-corrected chi connectivity index (χ3v) is 1.15. The Morgan fingerprint density at radius 3 is 1.50 bits per heavy atom. The van der Waals surface area contributed by atoms with E-state index in [0.717, 1.165) is 6.08 Å². The summed E-state index contributed by atoms with van der Waals surface area (Å²) in [5.41, 5.74) is 0.433. The van der Waals surface area contributed by atoms with Crippen LogP contribution in [0, 0.1) is 0 Å². The predicted octanol–water partition coefficient (Wildman–Crippen LogP) is 1.51. The molecule has 0 radical (unpaired) electrons. The molecule has 0 aromatic carbocycles. The number of methoxy groups -OCH3 is 1. The average molecular weight is 276 g/mol. The van der Waals surface area contributed by atoms with Crippen LogP contribution in [0.2, 0.25) is 0 Å². The van der Waals surface area contributed by atoms with Gasteiger partial charge in [-0.15, -0.1) is 12.6 Å². The highest BCUT2D eigenvalue weighted by molar-refractivity contribution is 7.85. The van der Waals surface area contributed by atoms with Crippen molar-refractivity contribution in [2.75, 3.05) is 7.11 Å². The number of ether oxygens (including phenoxy) is 1. The Kier molecular flexibility index (Phi) is 15.4. The normalized spacial score (nSPS) is 7.28. The molecule has 0 amide bonds. The summed E-state index contributed by atoms with van der Waals surface area (Å²) in [6.45, 7) is 10.9. The van der Waals surface area contributed by atoms with Crippen LogP contribution in [0.25, 0.3) is 0 Å². The van der Waals surface area contributed by atoms with Crippen molar-refractivity contribution in [2.45, 2.75) is 6.92 Å². The monoisotopic (exact) mass is 276 g/mol. The van der Waals surface area contributed by atoms with Crippen LogP contribution in [0.15, 0.2) is 36.3 Å². The average Bonchev–Trinajstić information content (AvgIpc) is 2.29. The van der Waals surface area contributed by atoms with Crippen molar-refractivity contribution in [3.05, 3.63) is 36.3 Å². The Bertz CT molecular complexity index is 333. The van der Waals surface area contributed by atoms with E-state index in [2.05, 4.69) is 37.1 Å². The highest BCUT2D eigenvalue weighted by Gasteiger charge is 1.95. The van der Waals surface area contributed by atoms with Gasteiger partial charge in [-0.1, -0.05) is 19.7 Å². The topological polar surface area (TPSA) is 101 Å². The van der Waals surface area contributed by atoms with Crippen LogP contribution < -0.4 is 0 Å². The molecule has 0 aromatic rings. The van der Waals surface area contributed by atoms with Crippen molar-refractivity contribution in [1.29, 1.82) is 0 Å². The van der Waals surface area contributed by atoms with E-state index in [4.69, 9.17) is 10.2 Å². The maximum atomic E-state index is 10.2. The van der Waals surface area contributed by atoms with E-state index in [1.54, 1.807) is 6.92 Å². The fraction of sp³-hybridized carbons (Fsp3) is 0.182. The second-order valence-corrected chi connectivity index (χ2v) is 3.11. The van der Waals surface area contributed by atoms with Crippen molar-refractivity contribution >= 4 is 30.5 Å². The molecule has 0 fully saturated rings. The Labute approximate surface area is 111 Å². The highest BCUT2D eigenvalue weighted by atomic mass is 32.1. The van der Waals surface area contributed by atoms with Crippen LogP contribution in [0.4, 0.5) is 0 Å². The van der Waals surface area contributed by atoms with E-state index in [-0.39, 0.29) is 10.9 Å². The number of carboxylic acids is 2. The Morgan fingerprint density at radius 2 is 1.50 bits per heavy atom. The van der Waals surface area contributed by atoms with Crippen LogP contribution in [-0.4, -0.2) is 35.2 Å². The third kappa shape index (κ3) is 23.6. The summed E-state index contributed by atoms with van der Waals surface area (Å²) in [5, 5.41) is 15.4. The van der Waals surface area contributed by atoms with Gasteiger partial charge >= 0.3 is 17.9 Å². The number of aliphatic carboxylic acids is 2. The summed E-state index contributed by atoms with van der Waals surface area (Å²) in [5.74, 6) is -2.40. The fourth-order valence-corrected chi connectivity index (χ4v) is 0.174. The molecule has 0 aliphatic heterocycles. The molecule has 0 rings (SSSR count). The molecule has 0 heterocycles. The van der Waals surface area contributed by atoms with Gasteiger partial charge in [0.15, 0.2) is 0 Å². The number of carbonyl (C=O) groups is 3. The molecule has 0 aliphatic carbocycles. The van der Waals surface area contributed by atoms with Crippen molar-refractivity contribution < 1.29 is 29.3 Å². The fourth-order valence-electron chi connectivity index (χ4n) is 0.174. The number of hydrogen-bond donors (Lipinski definition) is 3. The maximum absolute atomic E-state index is 10.2. The van der Waals surface area contributed by atoms with E-state index < -0.39 is 11.9 Å². The molecule has 18 heavy (non-hydrogen) atoms.